The molecule has 0 aromatic carbocycles. The molecule has 112 valence electrons. The molecule has 0 spiro atoms. The monoisotopic (exact) mass is 293 g/mol. The molecule has 21 heavy (non-hydrogen) atoms. The van der Waals surface area contributed by atoms with Gasteiger partial charge in [-0.3, -0.25) is 4.57 Å². The van der Waals surface area contributed by atoms with E-state index in [0.29, 0.717) is 17.7 Å². The molecule has 9 heteroatoms. The number of nitrogens with two attached hydrogens (primary N) is 1. The maximum Gasteiger partial charge on any atom is 0.167 e. The predicted molar refractivity (Wildman–Crippen MR) is 71.2 cm³/mol. The highest BCUT2D eigenvalue weighted by Gasteiger charge is 2.47. The predicted octanol–water partition coefficient (Wildman–Crippen LogP) is -3.07. The normalized spacial score (nSPS) is 32.9. The number of nitrogens with one attached hydrogen (secondary N) is 1. The van der Waals surface area contributed by atoms with Crippen LogP contribution < -0.4 is 10.6 Å². The Morgan fingerprint density at radius 2 is 2.10 bits per heavy atom. The summed E-state index contributed by atoms with van der Waals surface area (Å²) in [7, 11) is 0. The summed E-state index contributed by atoms with van der Waals surface area (Å²) in [6, 6.07) is 0. The fraction of sp³-hybridized carbons (Fsp3) is 0.583. The first-order valence-electron chi connectivity index (χ1n) is 6.93. The second-order valence-electron chi connectivity index (χ2n) is 5.58. The third-order valence-corrected chi connectivity index (χ3v) is 4.09. The summed E-state index contributed by atoms with van der Waals surface area (Å²) in [4.78, 5) is 13.5. The van der Waals surface area contributed by atoms with E-state index in [2.05, 4.69) is 15.0 Å². The van der Waals surface area contributed by atoms with E-state index >= 15 is 0 Å². The van der Waals surface area contributed by atoms with Gasteiger partial charge in [-0.2, -0.15) is 0 Å². The molecular weight excluding hydrogens is 276 g/mol. The third-order valence-electron chi connectivity index (χ3n) is 4.09. The zero-order valence-electron chi connectivity index (χ0n) is 11.3. The van der Waals surface area contributed by atoms with E-state index < -0.39 is 18.4 Å². The van der Waals surface area contributed by atoms with Gasteiger partial charge in [0.05, 0.1) is 6.33 Å². The van der Waals surface area contributed by atoms with Crippen LogP contribution in [-0.4, -0.2) is 67.7 Å². The number of aliphatic hydroxyl groups is 2. The number of aromatic nitrogens is 4. The van der Waals surface area contributed by atoms with Crippen LogP contribution in [0.1, 0.15) is 6.23 Å². The summed E-state index contributed by atoms with van der Waals surface area (Å²) in [6.07, 6.45) is -0.209. The fourth-order valence-corrected chi connectivity index (χ4v) is 2.76. The second kappa shape index (κ2) is 4.60. The molecule has 0 saturated carbocycles. The van der Waals surface area contributed by atoms with Crippen LogP contribution in [-0.2, 0) is 4.74 Å². The third kappa shape index (κ3) is 2.05. The van der Waals surface area contributed by atoms with Crippen LogP contribution in [0.25, 0.3) is 11.2 Å². The molecular formula is C12H17N6O3+. The van der Waals surface area contributed by atoms with Crippen molar-refractivity contribution in [1.29, 1.82) is 0 Å². The van der Waals surface area contributed by atoms with Crippen molar-refractivity contribution in [2.45, 2.75) is 24.5 Å². The van der Waals surface area contributed by atoms with Crippen LogP contribution in [0.2, 0.25) is 0 Å². The Balaban J connectivity index is 1.66. The highest BCUT2D eigenvalue weighted by molar-refractivity contribution is 5.81. The lowest BCUT2D eigenvalue weighted by atomic mass is 10.1. The van der Waals surface area contributed by atoms with Gasteiger partial charge < -0.3 is 25.6 Å². The van der Waals surface area contributed by atoms with Crippen molar-refractivity contribution in [2.75, 3.05) is 25.4 Å². The number of rotatable bonds is 3. The molecule has 9 nitrogen and oxygen atoms in total. The van der Waals surface area contributed by atoms with E-state index in [1.807, 2.05) is 0 Å². The molecule has 0 bridgehead atoms. The average Bonchev–Trinajstić information content (AvgIpc) is 3.12. The lowest BCUT2D eigenvalue weighted by Crippen LogP contribution is -2.94. The lowest BCUT2D eigenvalue weighted by molar-refractivity contribution is -0.764. The van der Waals surface area contributed by atoms with Crippen LogP contribution >= 0.6 is 0 Å². The molecule has 5 N–H and O–H groups in total. The largest absolute Gasteiger partial charge is 0.387 e. The minimum Gasteiger partial charge on any atom is -0.387 e. The van der Waals surface area contributed by atoms with Crippen molar-refractivity contribution in [3.8, 4) is 0 Å². The van der Waals surface area contributed by atoms with Gasteiger partial charge in [-0.1, -0.05) is 0 Å². The fourth-order valence-electron chi connectivity index (χ4n) is 2.76. The summed E-state index contributed by atoms with van der Waals surface area (Å²) in [5.74, 6) is 0.275. The minimum absolute atomic E-state index is 0.275. The smallest absolute Gasteiger partial charge is 0.167 e. The summed E-state index contributed by atoms with van der Waals surface area (Å²) < 4.78 is 7.43. The van der Waals surface area contributed by atoms with Crippen molar-refractivity contribution in [3.05, 3.63) is 12.7 Å². The number of quaternary nitrogens is 1. The molecule has 2 fully saturated rings. The molecule has 2 aliphatic rings. The van der Waals surface area contributed by atoms with Gasteiger partial charge in [0.1, 0.15) is 49.8 Å². The molecule has 0 amide bonds. The molecule has 4 unspecified atom stereocenters. The molecule has 2 aromatic heterocycles. The average molecular weight is 293 g/mol. The van der Waals surface area contributed by atoms with Gasteiger partial charge >= 0.3 is 0 Å². The van der Waals surface area contributed by atoms with Crippen molar-refractivity contribution >= 4 is 17.0 Å². The van der Waals surface area contributed by atoms with E-state index in [4.69, 9.17) is 10.5 Å². The van der Waals surface area contributed by atoms with E-state index in [1.165, 1.54) is 17.6 Å². The number of imidazole rings is 1. The number of hydrogen-bond acceptors (Lipinski definition) is 7. The zero-order chi connectivity index (χ0) is 14.6. The quantitative estimate of drug-likeness (QED) is 0.443. The second-order valence-corrected chi connectivity index (χ2v) is 5.58. The van der Waals surface area contributed by atoms with E-state index in [-0.39, 0.29) is 11.9 Å². The number of hydrogen-bond donors (Lipinski definition) is 4. The van der Waals surface area contributed by atoms with Gasteiger partial charge in [-0.25, -0.2) is 15.0 Å². The van der Waals surface area contributed by atoms with Gasteiger partial charge in [0.2, 0.25) is 0 Å². The number of ether oxygens (including phenoxy) is 1. The Labute approximate surface area is 120 Å². The van der Waals surface area contributed by atoms with Crippen molar-refractivity contribution in [3.63, 3.8) is 0 Å². The molecule has 4 rings (SSSR count). The molecule has 0 radical (unpaired) electrons. The van der Waals surface area contributed by atoms with Crippen LogP contribution in [0.3, 0.4) is 0 Å². The van der Waals surface area contributed by atoms with Gasteiger partial charge in [0.15, 0.2) is 17.7 Å². The summed E-state index contributed by atoms with van der Waals surface area (Å²) >= 11 is 0. The highest BCUT2D eigenvalue weighted by Crippen LogP contribution is 2.31. The van der Waals surface area contributed by atoms with Gasteiger partial charge in [0.25, 0.3) is 0 Å². The van der Waals surface area contributed by atoms with Crippen LogP contribution in [0.5, 0.6) is 0 Å². The van der Waals surface area contributed by atoms with Crippen LogP contribution in [0, 0.1) is 0 Å². The van der Waals surface area contributed by atoms with Gasteiger partial charge in [-0.15, -0.1) is 0 Å². The Bertz CT molecular complexity index is 672. The lowest BCUT2D eigenvalue weighted by Gasteiger charge is -2.16. The van der Waals surface area contributed by atoms with Crippen molar-refractivity contribution in [1.82, 2.24) is 19.5 Å². The minimum atomic E-state index is -1.03. The van der Waals surface area contributed by atoms with E-state index in [9.17, 15) is 10.2 Å². The zero-order valence-corrected chi connectivity index (χ0v) is 11.3. The van der Waals surface area contributed by atoms with E-state index in [0.717, 1.165) is 13.1 Å². The number of fused-ring (bicyclic) bond motifs is 1. The van der Waals surface area contributed by atoms with Gasteiger partial charge in [0, 0.05) is 0 Å². The Morgan fingerprint density at radius 1 is 1.29 bits per heavy atom. The molecule has 2 aromatic rings. The maximum atomic E-state index is 10.3. The van der Waals surface area contributed by atoms with Crippen LogP contribution in [0.15, 0.2) is 12.7 Å². The SMILES string of the molecule is Nc1ncnc2c1ncn2C1OC(C[NH+]2CC2)C(O)C1O. The molecule has 0 aliphatic carbocycles. The Kier molecular flexibility index (Phi) is 2.82. The highest BCUT2D eigenvalue weighted by atomic mass is 16.6. The van der Waals surface area contributed by atoms with Crippen LogP contribution in [0.4, 0.5) is 5.82 Å². The number of nitrogen functional groups attached to an aromatic ring is 1. The molecule has 2 saturated heterocycles. The Hall–Kier alpha value is -1.81. The number of nitrogens with zero attached hydrogens (tertiary/aromatic N) is 4. The summed E-state index contributed by atoms with van der Waals surface area (Å²) in [6.45, 7) is 2.87. The van der Waals surface area contributed by atoms with Crippen molar-refractivity contribution < 1.29 is 19.8 Å². The molecule has 4 heterocycles. The Morgan fingerprint density at radius 3 is 2.86 bits per heavy atom. The van der Waals surface area contributed by atoms with Crippen molar-refractivity contribution in [2.24, 2.45) is 0 Å². The molecule has 2 aliphatic heterocycles. The standard InChI is InChI=1S/C12H16N6O3/c13-10-7-11(15-4-14-10)18(5-16-7)12-9(20)8(19)6(21-12)3-17-1-2-17/h4-6,8-9,12,19-20H,1-3H2,(H2,13,14,15)/p+1. The molecule has 4 atom stereocenters. The number of aliphatic hydroxyl groups excluding tert-OH is 2. The first kappa shape index (κ1) is 12.9. The first-order valence-corrected chi connectivity index (χ1v) is 6.93. The van der Waals surface area contributed by atoms with Gasteiger partial charge in [-0.05, 0) is 0 Å². The first-order chi connectivity index (χ1) is 10.1. The summed E-state index contributed by atoms with van der Waals surface area (Å²) in [5.41, 5.74) is 6.69. The topological polar surface area (TPSA) is 124 Å². The summed E-state index contributed by atoms with van der Waals surface area (Å²) in [5, 5.41) is 20.4. The number of anilines is 1. The van der Waals surface area contributed by atoms with E-state index in [1.54, 1.807) is 4.57 Å². The maximum absolute atomic E-state index is 10.3.